The Morgan fingerprint density at radius 1 is 1.53 bits per heavy atom. The molecule has 0 aliphatic carbocycles. The predicted octanol–water partition coefficient (Wildman–Crippen LogP) is 1.75. The molecule has 0 heterocycles. The monoisotopic (exact) mass is 336 g/mol. The van der Waals surface area contributed by atoms with E-state index in [2.05, 4.69) is 15.9 Å². The van der Waals surface area contributed by atoms with Gasteiger partial charge in [0.05, 0.1) is 9.88 Å². The Balaban J connectivity index is 2.91. The lowest BCUT2D eigenvalue weighted by molar-refractivity contribution is 0.479. The van der Waals surface area contributed by atoms with E-state index in [1.165, 1.54) is 11.4 Å². The highest BCUT2D eigenvalue weighted by atomic mass is 79.9. The third kappa shape index (κ3) is 4.02. The van der Waals surface area contributed by atoms with Crippen LogP contribution in [0.25, 0.3) is 0 Å². The van der Waals surface area contributed by atoms with Crippen molar-refractivity contribution in [1.82, 2.24) is 4.31 Å². The zero-order valence-electron chi connectivity index (χ0n) is 9.26. The molecule has 0 saturated carbocycles. The van der Waals surface area contributed by atoms with E-state index in [0.29, 0.717) is 11.4 Å². The molecular weight excluding hydrogens is 324 g/mol. The Kier molecular flexibility index (Phi) is 5.05. The molecule has 0 unspecified atom stereocenters. The standard InChI is InChI=1S/C10H13BrN2O2S2/c1-13(6-5-10(12)16)17(14,15)9-4-2-3-8(11)7-9/h2-4,7H,5-6H2,1H3,(H2,12,16). The highest BCUT2D eigenvalue weighted by Gasteiger charge is 2.20. The van der Waals surface area contributed by atoms with E-state index >= 15 is 0 Å². The first kappa shape index (κ1) is 14.6. The van der Waals surface area contributed by atoms with Crippen molar-refractivity contribution < 1.29 is 8.42 Å². The van der Waals surface area contributed by atoms with Crippen molar-refractivity contribution >= 4 is 43.2 Å². The molecule has 0 aliphatic rings. The summed E-state index contributed by atoms with van der Waals surface area (Å²) in [6, 6.07) is 6.57. The van der Waals surface area contributed by atoms with Crippen LogP contribution in [-0.4, -0.2) is 31.3 Å². The van der Waals surface area contributed by atoms with Gasteiger partial charge < -0.3 is 5.73 Å². The fourth-order valence-electron chi connectivity index (χ4n) is 1.20. The van der Waals surface area contributed by atoms with Crippen LogP contribution in [0, 0.1) is 0 Å². The summed E-state index contributed by atoms with van der Waals surface area (Å²) in [5.74, 6) is 0. The number of halogens is 1. The summed E-state index contributed by atoms with van der Waals surface area (Å²) in [7, 11) is -1.96. The Morgan fingerprint density at radius 3 is 2.71 bits per heavy atom. The highest BCUT2D eigenvalue weighted by Crippen LogP contribution is 2.19. The second-order valence-electron chi connectivity index (χ2n) is 3.50. The maximum atomic E-state index is 12.1. The molecular formula is C10H13BrN2O2S2. The van der Waals surface area contributed by atoms with Crippen LogP contribution in [0.4, 0.5) is 0 Å². The first-order valence-corrected chi connectivity index (χ1v) is 7.48. The van der Waals surface area contributed by atoms with Gasteiger partial charge in [0.15, 0.2) is 0 Å². The lowest BCUT2D eigenvalue weighted by Gasteiger charge is -2.16. The predicted molar refractivity (Wildman–Crippen MR) is 75.4 cm³/mol. The molecule has 4 nitrogen and oxygen atoms in total. The van der Waals surface area contributed by atoms with E-state index in [9.17, 15) is 8.42 Å². The summed E-state index contributed by atoms with van der Waals surface area (Å²) in [6.45, 7) is 0.282. The number of rotatable bonds is 5. The maximum Gasteiger partial charge on any atom is 0.242 e. The number of nitrogens with two attached hydrogens (primary N) is 1. The van der Waals surface area contributed by atoms with Crippen molar-refractivity contribution in [2.45, 2.75) is 11.3 Å². The van der Waals surface area contributed by atoms with Gasteiger partial charge in [0.25, 0.3) is 0 Å². The molecule has 0 atom stereocenters. The summed E-state index contributed by atoms with van der Waals surface area (Å²) < 4.78 is 26.2. The number of hydrogen-bond acceptors (Lipinski definition) is 3. The minimum atomic E-state index is -3.47. The van der Waals surface area contributed by atoms with Crippen molar-refractivity contribution in [2.24, 2.45) is 5.73 Å². The van der Waals surface area contributed by atoms with Crippen LogP contribution in [0.3, 0.4) is 0 Å². The number of sulfonamides is 1. The van der Waals surface area contributed by atoms with Crippen LogP contribution in [0.5, 0.6) is 0 Å². The van der Waals surface area contributed by atoms with Crippen LogP contribution >= 0.6 is 28.1 Å². The smallest absolute Gasteiger partial charge is 0.242 e. The Labute approximate surface area is 115 Å². The molecule has 0 fully saturated rings. The number of thiocarbonyl (C=S) groups is 1. The molecule has 0 spiro atoms. The van der Waals surface area contributed by atoms with Gasteiger partial charge in [0.2, 0.25) is 10.0 Å². The summed E-state index contributed by atoms with van der Waals surface area (Å²) in [4.78, 5) is 0.554. The van der Waals surface area contributed by atoms with E-state index in [-0.39, 0.29) is 11.4 Å². The van der Waals surface area contributed by atoms with E-state index in [1.807, 2.05) is 0 Å². The van der Waals surface area contributed by atoms with Gasteiger partial charge in [0, 0.05) is 24.5 Å². The molecule has 0 radical (unpaired) electrons. The third-order valence-electron chi connectivity index (χ3n) is 2.18. The van der Waals surface area contributed by atoms with Crippen molar-refractivity contribution in [1.29, 1.82) is 0 Å². The molecule has 0 amide bonds. The van der Waals surface area contributed by atoms with E-state index < -0.39 is 10.0 Å². The minimum absolute atomic E-state index is 0.248. The largest absolute Gasteiger partial charge is 0.393 e. The highest BCUT2D eigenvalue weighted by molar-refractivity contribution is 9.10. The quantitative estimate of drug-likeness (QED) is 0.832. The molecule has 94 valence electrons. The molecule has 1 aromatic rings. The summed E-state index contributed by atoms with van der Waals surface area (Å²) in [5, 5.41) is 0. The van der Waals surface area contributed by atoms with Crippen molar-refractivity contribution in [3.8, 4) is 0 Å². The van der Waals surface area contributed by atoms with E-state index in [1.54, 1.807) is 24.3 Å². The van der Waals surface area contributed by atoms with Crippen LogP contribution < -0.4 is 5.73 Å². The summed E-state index contributed by atoms with van der Waals surface area (Å²) in [6.07, 6.45) is 0.374. The van der Waals surface area contributed by atoms with Crippen molar-refractivity contribution in [3.05, 3.63) is 28.7 Å². The molecule has 1 aromatic carbocycles. The second kappa shape index (κ2) is 5.90. The molecule has 0 aliphatic heterocycles. The van der Waals surface area contributed by atoms with E-state index in [0.717, 1.165) is 4.47 Å². The molecule has 17 heavy (non-hydrogen) atoms. The molecule has 0 aromatic heterocycles. The Hall–Kier alpha value is -0.500. The van der Waals surface area contributed by atoms with Crippen LogP contribution in [0.15, 0.2) is 33.6 Å². The topological polar surface area (TPSA) is 63.4 Å². The van der Waals surface area contributed by atoms with Gasteiger partial charge in [-0.15, -0.1) is 0 Å². The molecule has 2 N–H and O–H groups in total. The van der Waals surface area contributed by atoms with Crippen molar-refractivity contribution in [3.63, 3.8) is 0 Å². The summed E-state index contributed by atoms with van der Waals surface area (Å²) in [5.41, 5.74) is 5.35. The number of nitrogens with zero attached hydrogens (tertiary/aromatic N) is 1. The first-order valence-electron chi connectivity index (χ1n) is 4.84. The summed E-state index contributed by atoms with van der Waals surface area (Å²) >= 11 is 7.97. The fraction of sp³-hybridized carbons (Fsp3) is 0.300. The molecule has 0 bridgehead atoms. The Morgan fingerprint density at radius 2 is 2.18 bits per heavy atom. The average Bonchev–Trinajstić information content (AvgIpc) is 2.25. The van der Waals surface area contributed by atoms with Crippen molar-refractivity contribution in [2.75, 3.05) is 13.6 Å². The van der Waals surface area contributed by atoms with Gasteiger partial charge in [-0.1, -0.05) is 34.2 Å². The van der Waals surface area contributed by atoms with Gasteiger partial charge in [-0.05, 0) is 18.2 Å². The fourth-order valence-corrected chi connectivity index (χ4v) is 3.06. The lowest BCUT2D eigenvalue weighted by Crippen LogP contribution is -2.30. The number of benzene rings is 1. The Bertz CT molecular complexity index is 517. The average molecular weight is 337 g/mol. The molecule has 7 heteroatoms. The van der Waals surface area contributed by atoms with Gasteiger partial charge in [-0.2, -0.15) is 0 Å². The lowest BCUT2D eigenvalue weighted by atomic mass is 10.4. The SMILES string of the molecule is CN(CCC(N)=S)S(=O)(=O)c1cccc(Br)c1. The zero-order valence-corrected chi connectivity index (χ0v) is 12.5. The molecule has 1 rings (SSSR count). The van der Waals surface area contributed by atoms with Gasteiger partial charge in [0.1, 0.15) is 0 Å². The second-order valence-corrected chi connectivity index (χ2v) is 6.99. The molecule has 0 saturated heterocycles. The van der Waals surface area contributed by atoms with Crippen LogP contribution in [-0.2, 0) is 10.0 Å². The van der Waals surface area contributed by atoms with Gasteiger partial charge in [-0.3, -0.25) is 0 Å². The zero-order chi connectivity index (χ0) is 13.1. The van der Waals surface area contributed by atoms with Gasteiger partial charge >= 0.3 is 0 Å². The van der Waals surface area contributed by atoms with E-state index in [4.69, 9.17) is 18.0 Å². The maximum absolute atomic E-state index is 12.1. The van der Waals surface area contributed by atoms with Crippen LogP contribution in [0.2, 0.25) is 0 Å². The number of hydrogen-bond donors (Lipinski definition) is 1. The third-order valence-corrected chi connectivity index (χ3v) is 4.73. The normalized spacial score (nSPS) is 11.7. The first-order chi connectivity index (χ1) is 7.84. The van der Waals surface area contributed by atoms with Crippen LogP contribution in [0.1, 0.15) is 6.42 Å². The van der Waals surface area contributed by atoms with Gasteiger partial charge in [-0.25, -0.2) is 12.7 Å². The minimum Gasteiger partial charge on any atom is -0.393 e.